The smallest absolute Gasteiger partial charge is 0.0335 e. The lowest BCUT2D eigenvalue weighted by molar-refractivity contribution is 0.498. The molecule has 0 aromatic carbocycles. The molecule has 0 spiro atoms. The van der Waals surface area contributed by atoms with Gasteiger partial charge in [0.1, 0.15) is 0 Å². The highest BCUT2D eigenvalue weighted by Crippen LogP contribution is 2.30. The first-order valence-corrected chi connectivity index (χ1v) is 8.21. The molecule has 1 aliphatic carbocycles. The van der Waals surface area contributed by atoms with Crippen molar-refractivity contribution in [2.24, 2.45) is 0 Å². The van der Waals surface area contributed by atoms with Gasteiger partial charge in [-0.15, -0.1) is 0 Å². The molecule has 0 bridgehead atoms. The molecule has 0 amide bonds. The van der Waals surface area contributed by atoms with E-state index in [4.69, 9.17) is 0 Å². The number of unbranched alkanes of at least 4 members (excludes halogenated alkanes) is 5. The summed E-state index contributed by atoms with van der Waals surface area (Å²) in [5, 5.41) is 3.45. The summed E-state index contributed by atoms with van der Waals surface area (Å²) in [6.07, 6.45) is 17.0. The van der Waals surface area contributed by atoms with Crippen LogP contribution < -0.4 is 5.32 Å². The van der Waals surface area contributed by atoms with Crippen LogP contribution in [-0.2, 0) is 13.0 Å². The van der Waals surface area contributed by atoms with Crippen LogP contribution in [-0.4, -0.2) is 11.6 Å². The molecule has 0 radical (unpaired) electrons. The fourth-order valence-electron chi connectivity index (χ4n) is 3.25. The molecule has 19 heavy (non-hydrogen) atoms. The Balaban J connectivity index is 1.77. The summed E-state index contributed by atoms with van der Waals surface area (Å²) in [4.78, 5) is 0. The van der Waals surface area contributed by atoms with E-state index in [0.717, 1.165) is 0 Å². The lowest BCUT2D eigenvalue weighted by Crippen LogP contribution is -2.20. The molecule has 2 rings (SSSR count). The molecular formula is C17H30N2. The van der Waals surface area contributed by atoms with Crippen molar-refractivity contribution < 1.29 is 0 Å². The van der Waals surface area contributed by atoms with Gasteiger partial charge in [0.2, 0.25) is 0 Å². The molecular weight excluding hydrogens is 232 g/mol. The number of aryl methyl sites for hydroxylation is 2. The number of nitrogens with one attached hydrogen (secondary N) is 1. The third-order valence-corrected chi connectivity index (χ3v) is 4.43. The lowest BCUT2D eigenvalue weighted by Gasteiger charge is -2.21. The molecule has 1 N–H and O–H groups in total. The van der Waals surface area contributed by atoms with E-state index in [-0.39, 0.29) is 0 Å². The van der Waals surface area contributed by atoms with E-state index in [1.807, 2.05) is 0 Å². The van der Waals surface area contributed by atoms with Gasteiger partial charge < -0.3 is 9.88 Å². The van der Waals surface area contributed by atoms with Crippen LogP contribution in [0.5, 0.6) is 0 Å². The maximum Gasteiger partial charge on any atom is 0.0335 e. The van der Waals surface area contributed by atoms with Crippen molar-refractivity contribution in [2.75, 3.05) is 7.05 Å². The maximum atomic E-state index is 3.45. The highest BCUT2D eigenvalue weighted by Gasteiger charge is 2.20. The lowest BCUT2D eigenvalue weighted by atomic mass is 9.91. The summed E-state index contributed by atoms with van der Waals surface area (Å²) in [7, 11) is 2.09. The van der Waals surface area contributed by atoms with Crippen LogP contribution in [0, 0.1) is 0 Å². The normalized spacial score (nSPS) is 18.5. The first kappa shape index (κ1) is 14.6. The molecule has 1 aliphatic rings. The van der Waals surface area contributed by atoms with Gasteiger partial charge >= 0.3 is 0 Å². The van der Waals surface area contributed by atoms with Crippen molar-refractivity contribution in [2.45, 2.75) is 77.3 Å². The quantitative estimate of drug-likeness (QED) is 0.685. The number of fused-ring (bicyclic) bond motifs is 1. The number of rotatable bonds is 8. The van der Waals surface area contributed by atoms with Crippen molar-refractivity contribution in [1.29, 1.82) is 0 Å². The van der Waals surface area contributed by atoms with Crippen molar-refractivity contribution in [3.8, 4) is 0 Å². The molecule has 2 nitrogen and oxygen atoms in total. The molecule has 0 aliphatic heterocycles. The molecule has 0 fully saturated rings. The second-order valence-electron chi connectivity index (χ2n) is 5.98. The van der Waals surface area contributed by atoms with Gasteiger partial charge in [0.15, 0.2) is 0 Å². The molecule has 1 heterocycles. The molecule has 0 saturated carbocycles. The van der Waals surface area contributed by atoms with E-state index >= 15 is 0 Å². The van der Waals surface area contributed by atoms with Gasteiger partial charge in [-0.25, -0.2) is 0 Å². The molecule has 108 valence electrons. The second-order valence-corrected chi connectivity index (χ2v) is 5.98. The highest BCUT2D eigenvalue weighted by atomic mass is 15.0. The van der Waals surface area contributed by atoms with Gasteiger partial charge in [-0.3, -0.25) is 0 Å². The van der Waals surface area contributed by atoms with Gasteiger partial charge in [-0.05, 0) is 43.9 Å². The van der Waals surface area contributed by atoms with Gasteiger partial charge in [0.05, 0.1) is 0 Å². The average Bonchev–Trinajstić information content (AvgIpc) is 2.85. The standard InChI is InChI=1S/C17H30N2/c1-3-4-5-6-7-8-12-19-13-15-10-9-11-17(18-2)16(15)14-19/h13-14,17-18H,3-12H2,1-2H3. The SMILES string of the molecule is CCCCCCCCn1cc2c(c1)C(NC)CCC2. The van der Waals surface area contributed by atoms with Crippen LogP contribution in [0.1, 0.15) is 75.5 Å². The fourth-order valence-corrected chi connectivity index (χ4v) is 3.25. The highest BCUT2D eigenvalue weighted by molar-refractivity contribution is 5.30. The zero-order valence-electron chi connectivity index (χ0n) is 12.8. The minimum atomic E-state index is 0.592. The third-order valence-electron chi connectivity index (χ3n) is 4.43. The Morgan fingerprint density at radius 3 is 2.74 bits per heavy atom. The van der Waals surface area contributed by atoms with E-state index in [2.05, 4.69) is 36.2 Å². The van der Waals surface area contributed by atoms with Gasteiger partial charge in [-0.2, -0.15) is 0 Å². The van der Waals surface area contributed by atoms with Crippen molar-refractivity contribution in [1.82, 2.24) is 9.88 Å². The number of nitrogens with zero attached hydrogens (tertiary/aromatic N) is 1. The Morgan fingerprint density at radius 2 is 1.95 bits per heavy atom. The van der Waals surface area contributed by atoms with Crippen LogP contribution in [0.3, 0.4) is 0 Å². The Morgan fingerprint density at radius 1 is 1.16 bits per heavy atom. The molecule has 0 saturated heterocycles. The monoisotopic (exact) mass is 262 g/mol. The second kappa shape index (κ2) is 7.74. The molecule has 1 unspecified atom stereocenters. The molecule has 1 atom stereocenters. The average molecular weight is 262 g/mol. The summed E-state index contributed by atoms with van der Waals surface area (Å²) in [6, 6.07) is 0.592. The zero-order chi connectivity index (χ0) is 13.5. The molecule has 1 aromatic heterocycles. The number of aromatic nitrogens is 1. The van der Waals surface area contributed by atoms with Crippen molar-refractivity contribution >= 4 is 0 Å². The van der Waals surface area contributed by atoms with Crippen LogP contribution in [0.15, 0.2) is 12.4 Å². The molecule has 2 heteroatoms. The van der Waals surface area contributed by atoms with Crippen LogP contribution in [0.4, 0.5) is 0 Å². The summed E-state index contributed by atoms with van der Waals surface area (Å²) < 4.78 is 2.43. The minimum absolute atomic E-state index is 0.592. The van der Waals surface area contributed by atoms with Crippen molar-refractivity contribution in [3.05, 3.63) is 23.5 Å². The van der Waals surface area contributed by atoms with Crippen LogP contribution in [0.25, 0.3) is 0 Å². The van der Waals surface area contributed by atoms with E-state index in [1.54, 1.807) is 11.1 Å². The van der Waals surface area contributed by atoms with Gasteiger partial charge in [-0.1, -0.05) is 39.0 Å². The number of hydrogen-bond acceptors (Lipinski definition) is 1. The van der Waals surface area contributed by atoms with Gasteiger partial charge in [0, 0.05) is 25.0 Å². The summed E-state index contributed by atoms with van der Waals surface area (Å²) in [5.41, 5.74) is 3.14. The number of hydrogen-bond donors (Lipinski definition) is 1. The predicted molar refractivity (Wildman–Crippen MR) is 82.5 cm³/mol. The van der Waals surface area contributed by atoms with Gasteiger partial charge in [0.25, 0.3) is 0 Å². The van der Waals surface area contributed by atoms with E-state index in [0.29, 0.717) is 6.04 Å². The first-order valence-electron chi connectivity index (χ1n) is 8.21. The molecule has 1 aromatic rings. The Bertz CT molecular complexity index is 367. The third kappa shape index (κ3) is 4.10. The van der Waals surface area contributed by atoms with Crippen LogP contribution >= 0.6 is 0 Å². The Labute approximate surface area is 118 Å². The summed E-state index contributed by atoms with van der Waals surface area (Å²) in [6.45, 7) is 3.48. The Kier molecular flexibility index (Phi) is 5.96. The maximum absolute atomic E-state index is 3.45. The summed E-state index contributed by atoms with van der Waals surface area (Å²) in [5.74, 6) is 0. The van der Waals surface area contributed by atoms with E-state index in [1.165, 1.54) is 64.3 Å². The topological polar surface area (TPSA) is 17.0 Å². The largest absolute Gasteiger partial charge is 0.354 e. The van der Waals surface area contributed by atoms with E-state index < -0.39 is 0 Å². The zero-order valence-corrected chi connectivity index (χ0v) is 12.8. The van der Waals surface area contributed by atoms with Crippen LogP contribution in [0.2, 0.25) is 0 Å². The minimum Gasteiger partial charge on any atom is -0.354 e. The Hall–Kier alpha value is -0.760. The first-order chi connectivity index (χ1) is 9.35. The fraction of sp³-hybridized carbons (Fsp3) is 0.765. The van der Waals surface area contributed by atoms with E-state index in [9.17, 15) is 0 Å². The predicted octanol–water partition coefficient (Wildman–Crippen LogP) is 4.45. The summed E-state index contributed by atoms with van der Waals surface area (Å²) >= 11 is 0. The van der Waals surface area contributed by atoms with Crippen molar-refractivity contribution in [3.63, 3.8) is 0 Å².